The van der Waals surface area contributed by atoms with Crippen LogP contribution in [0.25, 0.3) is 0 Å². The molecule has 1 aromatic heterocycles. The molecule has 0 saturated heterocycles. The number of pyridine rings is 1. The zero-order chi connectivity index (χ0) is 18.2. The van der Waals surface area contributed by atoms with Crippen molar-refractivity contribution in [3.05, 3.63) is 65.7 Å². The van der Waals surface area contributed by atoms with E-state index in [-0.39, 0.29) is 30.7 Å². The molecule has 0 fully saturated rings. The molecule has 0 N–H and O–H groups in total. The van der Waals surface area contributed by atoms with E-state index in [1.807, 2.05) is 6.07 Å². The van der Waals surface area contributed by atoms with Crippen LogP contribution in [-0.4, -0.2) is 35.4 Å². The highest BCUT2D eigenvalue weighted by Gasteiger charge is 2.22. The summed E-state index contributed by atoms with van der Waals surface area (Å²) in [6.45, 7) is 2.30. The summed E-state index contributed by atoms with van der Waals surface area (Å²) in [6.07, 6.45) is 3.47. The summed E-state index contributed by atoms with van der Waals surface area (Å²) in [5.74, 6) is -1.31. The molecule has 2 aromatic rings. The van der Waals surface area contributed by atoms with Crippen molar-refractivity contribution in [1.29, 1.82) is 0 Å². The fourth-order valence-corrected chi connectivity index (χ4v) is 2.46. The van der Waals surface area contributed by atoms with Crippen molar-refractivity contribution in [1.82, 2.24) is 9.88 Å². The molecule has 0 spiro atoms. The standard InChI is InChI=1S/C19H21FN2O3/c1-14(19(24)25-2)12-22(13-16-4-3-9-21-11-16)18(23)10-15-5-7-17(20)8-6-15/h3-9,11,14H,10,12-13H2,1-2H3. The lowest BCUT2D eigenvalue weighted by Crippen LogP contribution is -2.37. The minimum Gasteiger partial charge on any atom is -0.469 e. The molecule has 0 aliphatic rings. The summed E-state index contributed by atoms with van der Waals surface area (Å²) < 4.78 is 17.8. The number of nitrogens with zero attached hydrogens (tertiary/aromatic N) is 2. The van der Waals surface area contributed by atoms with E-state index in [9.17, 15) is 14.0 Å². The van der Waals surface area contributed by atoms with Gasteiger partial charge in [-0.3, -0.25) is 14.6 Å². The molecule has 1 atom stereocenters. The SMILES string of the molecule is COC(=O)C(C)CN(Cc1cccnc1)C(=O)Cc1ccc(F)cc1. The first-order valence-electron chi connectivity index (χ1n) is 7.98. The molecule has 1 unspecified atom stereocenters. The van der Waals surface area contributed by atoms with Crippen molar-refractivity contribution in [2.24, 2.45) is 5.92 Å². The van der Waals surface area contributed by atoms with Gasteiger partial charge in [-0.25, -0.2) is 4.39 Å². The van der Waals surface area contributed by atoms with Crippen LogP contribution in [0, 0.1) is 11.7 Å². The van der Waals surface area contributed by atoms with Crippen molar-refractivity contribution < 1.29 is 18.7 Å². The van der Waals surface area contributed by atoms with E-state index in [4.69, 9.17) is 4.74 Å². The van der Waals surface area contributed by atoms with Crippen LogP contribution in [-0.2, 0) is 27.3 Å². The summed E-state index contributed by atoms with van der Waals surface area (Å²) in [5.41, 5.74) is 1.58. The number of hydrogen-bond acceptors (Lipinski definition) is 4. The molecule has 1 aromatic carbocycles. The summed E-state index contributed by atoms with van der Waals surface area (Å²) in [4.78, 5) is 30.1. The van der Waals surface area contributed by atoms with Gasteiger partial charge in [-0.15, -0.1) is 0 Å². The Labute approximate surface area is 146 Å². The topological polar surface area (TPSA) is 59.5 Å². The fourth-order valence-electron chi connectivity index (χ4n) is 2.46. The molecule has 5 nitrogen and oxygen atoms in total. The fraction of sp³-hybridized carbons (Fsp3) is 0.316. The van der Waals surface area contributed by atoms with E-state index in [0.29, 0.717) is 12.1 Å². The van der Waals surface area contributed by atoms with Crippen LogP contribution in [0.1, 0.15) is 18.1 Å². The number of carbonyl (C=O) groups excluding carboxylic acids is 2. The zero-order valence-corrected chi connectivity index (χ0v) is 14.3. The van der Waals surface area contributed by atoms with Crippen molar-refractivity contribution >= 4 is 11.9 Å². The Morgan fingerprint density at radius 1 is 1.20 bits per heavy atom. The average Bonchev–Trinajstić information content (AvgIpc) is 2.63. The van der Waals surface area contributed by atoms with Gasteiger partial charge in [-0.05, 0) is 29.3 Å². The number of hydrogen-bond donors (Lipinski definition) is 0. The molecule has 0 aliphatic heterocycles. The van der Waals surface area contributed by atoms with Crippen LogP contribution in [0.5, 0.6) is 0 Å². The van der Waals surface area contributed by atoms with Gasteiger partial charge in [-0.2, -0.15) is 0 Å². The minimum absolute atomic E-state index is 0.133. The first-order valence-corrected chi connectivity index (χ1v) is 7.98. The van der Waals surface area contributed by atoms with Crippen molar-refractivity contribution in [2.75, 3.05) is 13.7 Å². The van der Waals surface area contributed by atoms with Crippen molar-refractivity contribution in [3.8, 4) is 0 Å². The third kappa shape index (κ3) is 5.67. The molecule has 2 rings (SSSR count). The Bertz CT molecular complexity index is 704. The summed E-state index contributed by atoms with van der Waals surface area (Å²) >= 11 is 0. The van der Waals surface area contributed by atoms with Crippen LogP contribution < -0.4 is 0 Å². The van der Waals surface area contributed by atoms with Crippen molar-refractivity contribution in [3.63, 3.8) is 0 Å². The number of benzene rings is 1. The molecule has 0 radical (unpaired) electrons. The third-order valence-electron chi connectivity index (χ3n) is 3.82. The van der Waals surface area contributed by atoms with Crippen molar-refractivity contribution in [2.45, 2.75) is 19.9 Å². The highest BCUT2D eigenvalue weighted by Crippen LogP contribution is 2.12. The average molecular weight is 344 g/mol. The van der Waals surface area contributed by atoms with Crippen LogP contribution in [0.2, 0.25) is 0 Å². The molecule has 0 bridgehead atoms. The summed E-state index contributed by atoms with van der Waals surface area (Å²) in [5, 5.41) is 0. The van der Waals surface area contributed by atoms with Gasteiger partial charge in [0.25, 0.3) is 0 Å². The molecule has 1 amide bonds. The number of ether oxygens (including phenoxy) is 1. The first-order chi connectivity index (χ1) is 12.0. The molecular weight excluding hydrogens is 323 g/mol. The molecule has 6 heteroatoms. The number of methoxy groups -OCH3 is 1. The Hall–Kier alpha value is -2.76. The lowest BCUT2D eigenvalue weighted by Gasteiger charge is -2.25. The second-order valence-corrected chi connectivity index (χ2v) is 5.86. The number of carbonyl (C=O) groups is 2. The number of amides is 1. The maximum Gasteiger partial charge on any atom is 0.310 e. The second kappa shape index (κ2) is 8.92. The van der Waals surface area contributed by atoms with Gasteiger partial charge >= 0.3 is 5.97 Å². The molecule has 0 aliphatic carbocycles. The van der Waals surface area contributed by atoms with E-state index in [2.05, 4.69) is 4.98 Å². The normalized spacial score (nSPS) is 11.6. The third-order valence-corrected chi connectivity index (χ3v) is 3.82. The lowest BCUT2D eigenvalue weighted by atomic mass is 10.1. The van der Waals surface area contributed by atoms with Gasteiger partial charge in [0, 0.05) is 25.5 Å². The molecule has 0 saturated carbocycles. The van der Waals surface area contributed by atoms with Gasteiger partial charge in [0.1, 0.15) is 5.82 Å². The van der Waals surface area contributed by atoms with E-state index >= 15 is 0 Å². The quantitative estimate of drug-likeness (QED) is 0.725. The maximum atomic E-state index is 13.0. The Morgan fingerprint density at radius 3 is 2.52 bits per heavy atom. The van der Waals surface area contributed by atoms with E-state index in [1.165, 1.54) is 19.2 Å². The minimum atomic E-state index is -0.446. The van der Waals surface area contributed by atoms with E-state index in [1.54, 1.807) is 42.4 Å². The van der Waals surface area contributed by atoms with Gasteiger partial charge in [-0.1, -0.05) is 25.1 Å². The van der Waals surface area contributed by atoms with Crippen LogP contribution in [0.3, 0.4) is 0 Å². The Morgan fingerprint density at radius 2 is 1.92 bits per heavy atom. The monoisotopic (exact) mass is 344 g/mol. The molecule has 1 heterocycles. The molecule has 25 heavy (non-hydrogen) atoms. The van der Waals surface area contributed by atoms with Gasteiger partial charge in [0.15, 0.2) is 0 Å². The second-order valence-electron chi connectivity index (χ2n) is 5.86. The molecular formula is C19H21FN2O3. The predicted molar refractivity (Wildman–Crippen MR) is 90.9 cm³/mol. The van der Waals surface area contributed by atoms with E-state index in [0.717, 1.165) is 5.56 Å². The zero-order valence-electron chi connectivity index (χ0n) is 14.3. The van der Waals surface area contributed by atoms with Crippen LogP contribution in [0.4, 0.5) is 4.39 Å². The summed E-state index contributed by atoms with van der Waals surface area (Å²) in [6, 6.07) is 9.48. The predicted octanol–water partition coefficient (Wildman–Crippen LogP) is 2.60. The van der Waals surface area contributed by atoms with Crippen LogP contribution >= 0.6 is 0 Å². The number of halogens is 1. The lowest BCUT2D eigenvalue weighted by molar-refractivity contribution is -0.146. The van der Waals surface area contributed by atoms with Gasteiger partial charge in [0.2, 0.25) is 5.91 Å². The Kier molecular flexibility index (Phi) is 6.62. The highest BCUT2D eigenvalue weighted by atomic mass is 19.1. The number of esters is 1. The highest BCUT2D eigenvalue weighted by molar-refractivity contribution is 5.80. The van der Waals surface area contributed by atoms with E-state index < -0.39 is 5.92 Å². The van der Waals surface area contributed by atoms with Crippen LogP contribution in [0.15, 0.2) is 48.8 Å². The number of aromatic nitrogens is 1. The first kappa shape index (κ1) is 18.6. The van der Waals surface area contributed by atoms with Gasteiger partial charge < -0.3 is 9.64 Å². The smallest absolute Gasteiger partial charge is 0.310 e. The maximum absolute atomic E-state index is 13.0. The number of rotatable bonds is 7. The largest absolute Gasteiger partial charge is 0.469 e. The Balaban J connectivity index is 2.12. The van der Waals surface area contributed by atoms with Gasteiger partial charge in [0.05, 0.1) is 19.4 Å². The summed E-state index contributed by atoms with van der Waals surface area (Å²) in [7, 11) is 1.32. The molecule has 132 valence electrons.